The monoisotopic (exact) mass is 333 g/mol. The van der Waals surface area contributed by atoms with Crippen LogP contribution in [-0.2, 0) is 17.9 Å². The van der Waals surface area contributed by atoms with Crippen molar-refractivity contribution in [3.05, 3.63) is 35.4 Å². The molecule has 0 aliphatic carbocycles. The Kier molecular flexibility index (Phi) is 6.63. The van der Waals surface area contributed by atoms with Crippen molar-refractivity contribution < 1.29 is 9.84 Å². The third kappa shape index (κ3) is 6.13. The molecule has 0 unspecified atom stereocenters. The fraction of sp³-hybridized carbons (Fsp3) is 0.632. The van der Waals surface area contributed by atoms with Gasteiger partial charge in [-0.2, -0.15) is 0 Å². The lowest BCUT2D eigenvalue weighted by molar-refractivity contribution is -0.0149. The number of nitrogens with zero attached hydrogens (tertiary/aromatic N) is 2. The molecule has 24 heavy (non-hydrogen) atoms. The van der Waals surface area contributed by atoms with Gasteiger partial charge in [0, 0.05) is 19.6 Å². The van der Waals surface area contributed by atoms with Gasteiger partial charge in [0.2, 0.25) is 0 Å². The van der Waals surface area contributed by atoms with E-state index in [-0.39, 0.29) is 11.7 Å². The van der Waals surface area contributed by atoms with Gasteiger partial charge in [-0.15, -0.1) is 0 Å². The molecule has 1 aromatic rings. The number of aliphatic imine (C=N–C) groups is 1. The third-order valence-corrected chi connectivity index (χ3v) is 3.87. The van der Waals surface area contributed by atoms with Gasteiger partial charge in [0.1, 0.15) is 0 Å². The van der Waals surface area contributed by atoms with Crippen LogP contribution in [0.4, 0.5) is 0 Å². The molecule has 1 aliphatic rings. The normalized spacial score (nSPS) is 19.0. The summed E-state index contributed by atoms with van der Waals surface area (Å²) in [5, 5.41) is 13.0. The Bertz CT molecular complexity index is 552. The number of guanidine groups is 1. The molecule has 0 saturated carbocycles. The zero-order valence-electron chi connectivity index (χ0n) is 15.4. The Morgan fingerprint density at radius 1 is 1.38 bits per heavy atom. The largest absolute Gasteiger partial charge is 0.391 e. The highest BCUT2D eigenvalue weighted by atomic mass is 16.5. The van der Waals surface area contributed by atoms with E-state index in [0.717, 1.165) is 25.5 Å². The number of β-amino-alcohol motifs (C(OH)–C–C–N with tert-alkyl or cyclic N) is 1. The van der Waals surface area contributed by atoms with Gasteiger partial charge in [0.15, 0.2) is 5.96 Å². The van der Waals surface area contributed by atoms with Crippen molar-refractivity contribution in [2.45, 2.75) is 59.0 Å². The zero-order valence-corrected chi connectivity index (χ0v) is 15.4. The van der Waals surface area contributed by atoms with Gasteiger partial charge in [-0.25, -0.2) is 4.99 Å². The van der Waals surface area contributed by atoms with Gasteiger partial charge in [-0.05, 0) is 45.2 Å². The molecule has 0 aromatic heterocycles. The van der Waals surface area contributed by atoms with Crippen LogP contribution < -0.4 is 5.32 Å². The summed E-state index contributed by atoms with van der Waals surface area (Å²) in [6, 6.07) is 8.38. The lowest BCUT2D eigenvalue weighted by Gasteiger charge is -2.21. The Labute approximate surface area is 145 Å². The average molecular weight is 333 g/mol. The van der Waals surface area contributed by atoms with E-state index in [1.165, 1.54) is 11.1 Å². The van der Waals surface area contributed by atoms with Crippen molar-refractivity contribution >= 4 is 5.96 Å². The van der Waals surface area contributed by atoms with Crippen molar-refractivity contribution in [2.24, 2.45) is 4.99 Å². The molecule has 0 spiro atoms. The Balaban J connectivity index is 2.00. The average Bonchev–Trinajstić information content (AvgIpc) is 2.95. The molecular weight excluding hydrogens is 302 g/mol. The summed E-state index contributed by atoms with van der Waals surface area (Å²) in [6.45, 7) is 11.8. The van der Waals surface area contributed by atoms with Crippen LogP contribution in [0.3, 0.4) is 0 Å². The summed E-state index contributed by atoms with van der Waals surface area (Å²) in [5.41, 5.74) is 2.20. The maximum absolute atomic E-state index is 9.72. The van der Waals surface area contributed by atoms with Gasteiger partial charge in [-0.3, -0.25) is 0 Å². The maximum Gasteiger partial charge on any atom is 0.194 e. The quantitative estimate of drug-likeness (QED) is 0.642. The van der Waals surface area contributed by atoms with Gasteiger partial charge in [0.25, 0.3) is 0 Å². The highest BCUT2D eigenvalue weighted by Gasteiger charge is 2.22. The number of aliphatic hydroxyl groups excluding tert-OH is 1. The Morgan fingerprint density at radius 2 is 2.12 bits per heavy atom. The number of rotatable bonds is 5. The van der Waals surface area contributed by atoms with Crippen molar-refractivity contribution in [2.75, 3.05) is 19.6 Å². The number of nitrogens with one attached hydrogen (secondary N) is 1. The zero-order chi connectivity index (χ0) is 17.6. The van der Waals surface area contributed by atoms with E-state index in [0.29, 0.717) is 19.7 Å². The predicted octanol–water partition coefficient (Wildman–Crippen LogP) is 2.53. The summed E-state index contributed by atoms with van der Waals surface area (Å²) >= 11 is 0. The molecule has 134 valence electrons. The first kappa shape index (κ1) is 18.7. The molecule has 1 heterocycles. The second-order valence-corrected chi connectivity index (χ2v) is 7.28. The van der Waals surface area contributed by atoms with Crippen LogP contribution in [0.2, 0.25) is 0 Å². The van der Waals surface area contributed by atoms with E-state index in [4.69, 9.17) is 9.73 Å². The van der Waals surface area contributed by atoms with E-state index in [9.17, 15) is 5.11 Å². The fourth-order valence-corrected chi connectivity index (χ4v) is 2.64. The first-order valence-corrected chi connectivity index (χ1v) is 8.80. The highest BCUT2D eigenvalue weighted by molar-refractivity contribution is 5.80. The Hall–Kier alpha value is -1.59. The summed E-state index contributed by atoms with van der Waals surface area (Å²) in [4.78, 5) is 6.86. The lowest BCUT2D eigenvalue weighted by Crippen LogP contribution is -2.40. The predicted molar refractivity (Wildman–Crippen MR) is 98.0 cm³/mol. The number of likely N-dealkylation sites (tertiary alicyclic amines) is 1. The van der Waals surface area contributed by atoms with Crippen LogP contribution in [0.15, 0.2) is 29.3 Å². The molecule has 5 nitrogen and oxygen atoms in total. The molecule has 2 N–H and O–H groups in total. The molecular formula is C19H31N3O2. The van der Waals surface area contributed by atoms with E-state index in [2.05, 4.69) is 62.2 Å². The minimum absolute atomic E-state index is 0.136. The molecule has 0 bridgehead atoms. The molecule has 0 radical (unpaired) electrons. The molecule has 1 saturated heterocycles. The first-order valence-electron chi connectivity index (χ1n) is 8.80. The van der Waals surface area contributed by atoms with Crippen LogP contribution in [0.1, 0.15) is 45.2 Å². The van der Waals surface area contributed by atoms with E-state index in [1.54, 1.807) is 0 Å². The maximum atomic E-state index is 9.72. The van der Waals surface area contributed by atoms with Gasteiger partial charge in [-0.1, -0.05) is 24.3 Å². The van der Waals surface area contributed by atoms with Gasteiger partial charge >= 0.3 is 0 Å². The topological polar surface area (TPSA) is 57.1 Å². The highest BCUT2D eigenvalue weighted by Crippen LogP contribution is 2.14. The summed E-state index contributed by atoms with van der Waals surface area (Å²) in [5.74, 6) is 0.880. The molecule has 5 heteroatoms. The smallest absolute Gasteiger partial charge is 0.194 e. The number of aliphatic hydroxyl groups is 1. The summed E-state index contributed by atoms with van der Waals surface area (Å²) in [7, 11) is 0. The Morgan fingerprint density at radius 3 is 2.75 bits per heavy atom. The molecule has 0 amide bonds. The van der Waals surface area contributed by atoms with E-state index in [1.807, 2.05) is 0 Å². The molecule has 1 aliphatic heterocycles. The minimum Gasteiger partial charge on any atom is -0.391 e. The first-order chi connectivity index (χ1) is 11.4. The van der Waals surface area contributed by atoms with Crippen LogP contribution in [0.25, 0.3) is 0 Å². The van der Waals surface area contributed by atoms with E-state index < -0.39 is 0 Å². The van der Waals surface area contributed by atoms with Crippen LogP contribution in [0, 0.1) is 0 Å². The number of hydrogen-bond acceptors (Lipinski definition) is 3. The van der Waals surface area contributed by atoms with Gasteiger partial charge < -0.3 is 20.1 Å². The standard InChI is InChI=1S/C19H31N3O2/c1-5-20-18(22-10-9-17(23)13-22)21-12-15-7-6-8-16(11-15)14-24-19(2,3)4/h6-8,11,17,23H,5,9-10,12-14H2,1-4H3,(H,20,21)/t17-/m1/s1. The van der Waals surface area contributed by atoms with Crippen molar-refractivity contribution in [3.63, 3.8) is 0 Å². The molecule has 2 rings (SSSR count). The van der Waals surface area contributed by atoms with Crippen molar-refractivity contribution in [1.82, 2.24) is 10.2 Å². The van der Waals surface area contributed by atoms with Crippen LogP contribution >= 0.6 is 0 Å². The SMILES string of the molecule is CCNC(=NCc1cccc(COC(C)(C)C)c1)N1CC[C@@H](O)C1. The number of benzene rings is 1. The molecule has 1 fully saturated rings. The third-order valence-electron chi connectivity index (χ3n) is 3.87. The minimum atomic E-state index is -0.244. The number of hydrogen-bond donors (Lipinski definition) is 2. The van der Waals surface area contributed by atoms with Crippen LogP contribution in [-0.4, -0.2) is 47.3 Å². The fourth-order valence-electron chi connectivity index (χ4n) is 2.64. The van der Waals surface area contributed by atoms with Gasteiger partial charge in [0.05, 0.1) is 24.9 Å². The summed E-state index contributed by atoms with van der Waals surface area (Å²) in [6.07, 6.45) is 0.566. The second kappa shape index (κ2) is 8.49. The summed E-state index contributed by atoms with van der Waals surface area (Å²) < 4.78 is 5.84. The molecule has 1 atom stereocenters. The van der Waals surface area contributed by atoms with E-state index >= 15 is 0 Å². The number of ether oxygens (including phenoxy) is 1. The lowest BCUT2D eigenvalue weighted by atomic mass is 10.1. The van der Waals surface area contributed by atoms with Crippen molar-refractivity contribution in [1.29, 1.82) is 0 Å². The van der Waals surface area contributed by atoms with Crippen LogP contribution in [0.5, 0.6) is 0 Å². The molecule has 1 aromatic carbocycles. The second-order valence-electron chi connectivity index (χ2n) is 7.28. The van der Waals surface area contributed by atoms with Crippen molar-refractivity contribution in [3.8, 4) is 0 Å².